The molecule has 0 bridgehead atoms. The smallest absolute Gasteiger partial charge is 0.311 e. The summed E-state index contributed by atoms with van der Waals surface area (Å²) in [5, 5.41) is 23.3. The van der Waals surface area contributed by atoms with Crippen molar-refractivity contribution in [1.82, 2.24) is 5.32 Å². The number of benzene rings is 1. The number of amides is 1. The molecule has 2 atom stereocenters. The van der Waals surface area contributed by atoms with Crippen molar-refractivity contribution in [2.45, 2.75) is 31.9 Å². The second-order valence-electron chi connectivity index (χ2n) is 4.81. The van der Waals surface area contributed by atoms with Gasteiger partial charge in [0.2, 0.25) is 5.75 Å². The molecule has 1 heterocycles. The minimum atomic E-state index is -0.720. The number of aromatic hydroxyl groups is 1. The average molecular weight is 280 g/mol. The molecule has 1 aromatic rings. The number of rotatable bonds is 3. The van der Waals surface area contributed by atoms with Crippen LogP contribution in [0.5, 0.6) is 5.75 Å². The van der Waals surface area contributed by atoms with Gasteiger partial charge in [-0.05, 0) is 25.8 Å². The van der Waals surface area contributed by atoms with Crippen molar-refractivity contribution in [2.24, 2.45) is 0 Å². The van der Waals surface area contributed by atoms with Crippen LogP contribution in [0.25, 0.3) is 0 Å². The maximum atomic E-state index is 12.1. The standard InChI is InChI=1S/C13H16N2O5/c1-8-7-9(5-6-20-8)14-13(17)10-3-2-4-11(12(10)16)15(18)19/h2-4,8-9,16H,5-7H2,1H3,(H,14,17). The van der Waals surface area contributed by atoms with Crippen molar-refractivity contribution in [3.63, 3.8) is 0 Å². The van der Waals surface area contributed by atoms with Crippen molar-refractivity contribution >= 4 is 11.6 Å². The lowest BCUT2D eigenvalue weighted by Gasteiger charge is -2.27. The monoisotopic (exact) mass is 280 g/mol. The van der Waals surface area contributed by atoms with E-state index in [1.165, 1.54) is 12.1 Å². The zero-order valence-electron chi connectivity index (χ0n) is 11.0. The molecule has 0 aliphatic carbocycles. The van der Waals surface area contributed by atoms with Gasteiger partial charge in [-0.1, -0.05) is 6.07 Å². The zero-order valence-corrected chi connectivity index (χ0v) is 11.0. The Morgan fingerprint density at radius 3 is 2.95 bits per heavy atom. The fourth-order valence-corrected chi connectivity index (χ4v) is 2.25. The zero-order chi connectivity index (χ0) is 14.7. The molecule has 108 valence electrons. The third-order valence-corrected chi connectivity index (χ3v) is 3.28. The van der Waals surface area contributed by atoms with Crippen LogP contribution in [0, 0.1) is 10.1 Å². The molecule has 1 saturated heterocycles. The fourth-order valence-electron chi connectivity index (χ4n) is 2.25. The van der Waals surface area contributed by atoms with E-state index in [1.54, 1.807) is 0 Å². The fraction of sp³-hybridized carbons (Fsp3) is 0.462. The topological polar surface area (TPSA) is 102 Å². The van der Waals surface area contributed by atoms with Crippen molar-refractivity contribution in [3.05, 3.63) is 33.9 Å². The molecular formula is C13H16N2O5. The van der Waals surface area contributed by atoms with E-state index in [1.807, 2.05) is 6.92 Å². The van der Waals surface area contributed by atoms with Gasteiger partial charge in [0.05, 0.1) is 16.6 Å². The highest BCUT2D eigenvalue weighted by Gasteiger charge is 2.25. The number of phenolic OH excluding ortho intramolecular Hbond substituents is 1. The van der Waals surface area contributed by atoms with Crippen LogP contribution in [0.2, 0.25) is 0 Å². The Morgan fingerprint density at radius 2 is 2.30 bits per heavy atom. The van der Waals surface area contributed by atoms with Crippen LogP contribution in [0.15, 0.2) is 18.2 Å². The molecule has 0 spiro atoms. The predicted molar refractivity (Wildman–Crippen MR) is 70.7 cm³/mol. The number of hydrogen-bond donors (Lipinski definition) is 2. The van der Waals surface area contributed by atoms with Crippen LogP contribution in [-0.2, 0) is 4.74 Å². The summed E-state index contributed by atoms with van der Waals surface area (Å²) in [5.41, 5.74) is -0.559. The first-order chi connectivity index (χ1) is 9.49. The summed E-state index contributed by atoms with van der Waals surface area (Å²) in [6.45, 7) is 2.48. The Balaban J connectivity index is 2.13. The maximum absolute atomic E-state index is 12.1. The molecule has 2 rings (SSSR count). The summed E-state index contributed by atoms with van der Waals surface area (Å²) in [7, 11) is 0. The molecule has 7 heteroatoms. The Kier molecular flexibility index (Phi) is 4.19. The van der Waals surface area contributed by atoms with Crippen LogP contribution < -0.4 is 5.32 Å². The summed E-state index contributed by atoms with van der Waals surface area (Å²) in [6.07, 6.45) is 1.43. The molecule has 1 amide bonds. The number of carbonyl (C=O) groups excluding carboxylic acids is 1. The first-order valence-electron chi connectivity index (χ1n) is 6.38. The second kappa shape index (κ2) is 5.87. The summed E-state index contributed by atoms with van der Waals surface area (Å²) in [6, 6.07) is 3.84. The molecule has 2 N–H and O–H groups in total. The lowest BCUT2D eigenvalue weighted by atomic mass is 10.0. The van der Waals surface area contributed by atoms with E-state index in [9.17, 15) is 20.0 Å². The van der Waals surface area contributed by atoms with E-state index in [-0.39, 0.29) is 17.7 Å². The molecular weight excluding hydrogens is 264 g/mol. The van der Waals surface area contributed by atoms with Crippen LogP contribution in [0.1, 0.15) is 30.1 Å². The van der Waals surface area contributed by atoms with Crippen LogP contribution in [0.4, 0.5) is 5.69 Å². The Hall–Kier alpha value is -2.15. The summed E-state index contributed by atoms with van der Waals surface area (Å²) in [4.78, 5) is 22.1. The van der Waals surface area contributed by atoms with E-state index >= 15 is 0 Å². The van der Waals surface area contributed by atoms with Gasteiger partial charge >= 0.3 is 5.69 Å². The highest BCUT2D eigenvalue weighted by atomic mass is 16.6. The normalized spacial score (nSPS) is 22.2. The summed E-state index contributed by atoms with van der Waals surface area (Å²) < 4.78 is 5.38. The largest absolute Gasteiger partial charge is 0.502 e. The molecule has 7 nitrogen and oxygen atoms in total. The van der Waals surface area contributed by atoms with Gasteiger partial charge < -0.3 is 15.2 Å². The molecule has 0 aromatic heterocycles. The van der Waals surface area contributed by atoms with Crippen molar-refractivity contribution in [2.75, 3.05) is 6.61 Å². The van der Waals surface area contributed by atoms with Gasteiger partial charge in [0, 0.05) is 18.7 Å². The van der Waals surface area contributed by atoms with Gasteiger partial charge in [-0.25, -0.2) is 0 Å². The van der Waals surface area contributed by atoms with Crippen molar-refractivity contribution in [1.29, 1.82) is 0 Å². The Labute approximate surface area is 115 Å². The lowest BCUT2D eigenvalue weighted by molar-refractivity contribution is -0.385. The summed E-state index contributed by atoms with van der Waals surface area (Å²) in [5.74, 6) is -1.11. The van der Waals surface area contributed by atoms with Crippen molar-refractivity contribution in [3.8, 4) is 5.75 Å². The number of nitro groups is 1. The third kappa shape index (κ3) is 3.05. The number of hydrogen-bond acceptors (Lipinski definition) is 5. The van der Waals surface area contributed by atoms with E-state index in [0.717, 1.165) is 6.07 Å². The first-order valence-corrected chi connectivity index (χ1v) is 6.38. The molecule has 20 heavy (non-hydrogen) atoms. The number of nitro benzene ring substituents is 1. The Morgan fingerprint density at radius 1 is 1.55 bits per heavy atom. The molecule has 2 unspecified atom stereocenters. The van der Waals surface area contributed by atoms with Gasteiger partial charge in [0.1, 0.15) is 0 Å². The third-order valence-electron chi connectivity index (χ3n) is 3.28. The predicted octanol–water partition coefficient (Wildman–Crippen LogP) is 1.60. The lowest BCUT2D eigenvalue weighted by Crippen LogP contribution is -2.41. The highest BCUT2D eigenvalue weighted by molar-refractivity contribution is 5.98. The van der Waals surface area contributed by atoms with Gasteiger partial charge in [-0.15, -0.1) is 0 Å². The van der Waals surface area contributed by atoms with Gasteiger partial charge in [-0.2, -0.15) is 0 Å². The molecule has 1 aliphatic heterocycles. The second-order valence-corrected chi connectivity index (χ2v) is 4.81. The number of phenols is 1. The van der Waals surface area contributed by atoms with E-state index in [2.05, 4.69) is 5.32 Å². The highest BCUT2D eigenvalue weighted by Crippen LogP contribution is 2.29. The first kappa shape index (κ1) is 14.3. The molecule has 1 aliphatic rings. The minimum absolute atomic E-state index is 0.0510. The maximum Gasteiger partial charge on any atom is 0.311 e. The number of para-hydroxylation sites is 1. The molecule has 1 fully saturated rings. The number of ether oxygens (including phenoxy) is 1. The van der Waals surface area contributed by atoms with Crippen LogP contribution in [0.3, 0.4) is 0 Å². The number of nitrogens with one attached hydrogen (secondary N) is 1. The molecule has 0 radical (unpaired) electrons. The van der Waals surface area contributed by atoms with Crippen molar-refractivity contribution < 1.29 is 19.6 Å². The minimum Gasteiger partial charge on any atom is -0.502 e. The molecule has 1 aromatic carbocycles. The van der Waals surface area contributed by atoms with Gasteiger partial charge in [-0.3, -0.25) is 14.9 Å². The van der Waals surface area contributed by atoms with E-state index < -0.39 is 22.3 Å². The number of carbonyl (C=O) groups is 1. The van der Waals surface area contributed by atoms with E-state index in [0.29, 0.717) is 19.4 Å². The average Bonchev–Trinajstić information content (AvgIpc) is 2.38. The van der Waals surface area contributed by atoms with E-state index in [4.69, 9.17) is 4.74 Å². The van der Waals surface area contributed by atoms with Gasteiger partial charge in [0.25, 0.3) is 5.91 Å². The number of nitrogens with zero attached hydrogens (tertiary/aromatic N) is 1. The quantitative estimate of drug-likeness (QED) is 0.646. The van der Waals surface area contributed by atoms with Gasteiger partial charge in [0.15, 0.2) is 0 Å². The van der Waals surface area contributed by atoms with Crippen LogP contribution in [-0.4, -0.2) is 34.7 Å². The molecule has 0 saturated carbocycles. The SMILES string of the molecule is CC1CC(NC(=O)c2cccc([N+](=O)[O-])c2O)CCO1. The summed E-state index contributed by atoms with van der Waals surface area (Å²) >= 11 is 0. The Bertz CT molecular complexity index is 531. The van der Waals surface area contributed by atoms with Crippen LogP contribution >= 0.6 is 0 Å².